The van der Waals surface area contributed by atoms with Gasteiger partial charge >= 0.3 is 0 Å². The van der Waals surface area contributed by atoms with Gasteiger partial charge in [0.2, 0.25) is 10.0 Å². The van der Waals surface area contributed by atoms with Crippen LogP contribution in [0, 0.1) is 5.92 Å². The molecule has 102 valence electrons. The molecule has 0 aromatic rings. The van der Waals surface area contributed by atoms with Gasteiger partial charge in [0.1, 0.15) is 0 Å². The van der Waals surface area contributed by atoms with E-state index in [4.69, 9.17) is 5.11 Å². The van der Waals surface area contributed by atoms with Crippen LogP contribution in [0.15, 0.2) is 0 Å². The number of rotatable bonds is 9. The van der Waals surface area contributed by atoms with E-state index in [1.807, 2.05) is 0 Å². The Morgan fingerprint density at radius 3 is 2.41 bits per heavy atom. The molecule has 1 aliphatic rings. The second-order valence-corrected chi connectivity index (χ2v) is 7.31. The predicted molar refractivity (Wildman–Crippen MR) is 69.3 cm³/mol. The molecule has 1 fully saturated rings. The number of hydrogen-bond donors (Lipinski definition) is 1. The normalized spacial score (nSPS) is 17.0. The van der Waals surface area contributed by atoms with Gasteiger partial charge in [0.05, 0.1) is 5.75 Å². The van der Waals surface area contributed by atoms with Gasteiger partial charge in [0.25, 0.3) is 0 Å². The molecule has 0 aromatic carbocycles. The summed E-state index contributed by atoms with van der Waals surface area (Å²) in [6.07, 6.45) is 4.08. The molecule has 1 saturated carbocycles. The first-order valence-electron chi connectivity index (χ1n) is 6.57. The van der Waals surface area contributed by atoms with Crippen molar-refractivity contribution in [2.75, 3.05) is 18.9 Å². The van der Waals surface area contributed by atoms with Gasteiger partial charge in [0, 0.05) is 19.2 Å². The molecule has 1 N–H and O–H groups in total. The summed E-state index contributed by atoms with van der Waals surface area (Å²) in [5, 5.41) is 8.69. The zero-order chi connectivity index (χ0) is 12.9. The van der Waals surface area contributed by atoms with E-state index in [-0.39, 0.29) is 18.4 Å². The van der Waals surface area contributed by atoms with Gasteiger partial charge in [-0.25, -0.2) is 8.42 Å². The average Bonchev–Trinajstić information content (AvgIpc) is 3.01. The number of unbranched alkanes of at least 4 members (excludes halogenated alkanes) is 1. The van der Waals surface area contributed by atoms with Gasteiger partial charge in [0.15, 0.2) is 0 Å². The van der Waals surface area contributed by atoms with Crippen LogP contribution in [0.5, 0.6) is 0 Å². The summed E-state index contributed by atoms with van der Waals surface area (Å²) in [5.41, 5.74) is 0. The van der Waals surface area contributed by atoms with Gasteiger partial charge in [-0.2, -0.15) is 4.31 Å². The van der Waals surface area contributed by atoms with Crippen molar-refractivity contribution in [1.29, 1.82) is 0 Å². The summed E-state index contributed by atoms with van der Waals surface area (Å²) in [7, 11) is -3.10. The Kier molecular flexibility index (Phi) is 5.89. The minimum Gasteiger partial charge on any atom is -0.396 e. The summed E-state index contributed by atoms with van der Waals surface area (Å²) < 4.78 is 26.0. The van der Waals surface area contributed by atoms with Crippen molar-refractivity contribution in [2.24, 2.45) is 5.92 Å². The minimum absolute atomic E-state index is 0.0743. The van der Waals surface area contributed by atoms with E-state index in [0.29, 0.717) is 25.3 Å². The zero-order valence-electron chi connectivity index (χ0n) is 10.9. The molecule has 0 bridgehead atoms. The highest BCUT2D eigenvalue weighted by Gasteiger charge is 2.36. The van der Waals surface area contributed by atoms with Crippen molar-refractivity contribution in [3.8, 4) is 0 Å². The zero-order valence-corrected chi connectivity index (χ0v) is 11.7. The summed E-state index contributed by atoms with van der Waals surface area (Å²) in [5.74, 6) is 0.714. The van der Waals surface area contributed by atoms with Crippen molar-refractivity contribution in [3.05, 3.63) is 0 Å². The maximum absolute atomic E-state index is 12.1. The molecular formula is C12H25NO3S. The van der Waals surface area contributed by atoms with Crippen LogP contribution in [-0.4, -0.2) is 42.8 Å². The first-order chi connectivity index (χ1) is 7.97. The molecule has 0 aliphatic heterocycles. The van der Waals surface area contributed by atoms with E-state index in [1.165, 1.54) is 0 Å². The fourth-order valence-corrected chi connectivity index (χ4v) is 3.66. The Bertz CT molecular complexity index is 310. The van der Waals surface area contributed by atoms with Gasteiger partial charge < -0.3 is 5.11 Å². The maximum atomic E-state index is 12.1. The number of nitrogens with zero attached hydrogens (tertiary/aromatic N) is 1. The molecule has 0 heterocycles. The van der Waals surface area contributed by atoms with Crippen LogP contribution in [0.4, 0.5) is 0 Å². The quantitative estimate of drug-likeness (QED) is 0.643. The molecule has 17 heavy (non-hydrogen) atoms. The second-order valence-electron chi connectivity index (χ2n) is 5.27. The van der Waals surface area contributed by atoms with Crippen molar-refractivity contribution in [3.63, 3.8) is 0 Å². The highest BCUT2D eigenvalue weighted by Crippen LogP contribution is 2.30. The highest BCUT2D eigenvalue weighted by molar-refractivity contribution is 7.89. The molecular weight excluding hydrogens is 238 g/mol. The molecule has 1 rings (SSSR count). The molecule has 5 heteroatoms. The Labute approximate surface area is 105 Å². The monoisotopic (exact) mass is 263 g/mol. The van der Waals surface area contributed by atoms with Crippen LogP contribution in [-0.2, 0) is 10.0 Å². The molecule has 0 radical (unpaired) electrons. The lowest BCUT2D eigenvalue weighted by molar-refractivity contribution is 0.286. The van der Waals surface area contributed by atoms with E-state index >= 15 is 0 Å². The third-order valence-corrected chi connectivity index (χ3v) is 5.05. The standard InChI is InChI=1S/C12H25NO3S/c1-11(2)7-8-13(12-5-6-12)17(15,16)10-4-3-9-14/h11-12,14H,3-10H2,1-2H3. The summed E-state index contributed by atoms with van der Waals surface area (Å²) in [6.45, 7) is 4.96. The number of hydrogen-bond acceptors (Lipinski definition) is 3. The molecule has 0 unspecified atom stereocenters. The fourth-order valence-electron chi connectivity index (χ4n) is 1.81. The number of sulfonamides is 1. The average molecular weight is 263 g/mol. The molecule has 0 spiro atoms. The fraction of sp³-hybridized carbons (Fsp3) is 1.00. The summed E-state index contributed by atoms with van der Waals surface area (Å²) in [4.78, 5) is 0. The Morgan fingerprint density at radius 2 is 1.94 bits per heavy atom. The van der Waals surface area contributed by atoms with E-state index in [1.54, 1.807) is 4.31 Å². The van der Waals surface area contributed by atoms with Gasteiger partial charge in [-0.3, -0.25) is 0 Å². The predicted octanol–water partition coefficient (Wildman–Crippen LogP) is 1.60. The van der Waals surface area contributed by atoms with E-state index in [9.17, 15) is 8.42 Å². The van der Waals surface area contributed by atoms with E-state index < -0.39 is 10.0 Å². The lowest BCUT2D eigenvalue weighted by Gasteiger charge is -2.22. The smallest absolute Gasteiger partial charge is 0.214 e. The largest absolute Gasteiger partial charge is 0.396 e. The van der Waals surface area contributed by atoms with Crippen molar-refractivity contribution < 1.29 is 13.5 Å². The SMILES string of the molecule is CC(C)CCN(C1CC1)S(=O)(=O)CCCCO. The van der Waals surface area contributed by atoms with Crippen LogP contribution < -0.4 is 0 Å². The first-order valence-corrected chi connectivity index (χ1v) is 8.18. The maximum Gasteiger partial charge on any atom is 0.214 e. The van der Waals surface area contributed by atoms with Crippen molar-refractivity contribution >= 4 is 10.0 Å². The third-order valence-electron chi connectivity index (χ3n) is 3.05. The van der Waals surface area contributed by atoms with Crippen LogP contribution in [0.1, 0.15) is 46.0 Å². The third kappa shape index (κ3) is 5.36. The second kappa shape index (κ2) is 6.71. The van der Waals surface area contributed by atoms with Crippen molar-refractivity contribution in [1.82, 2.24) is 4.31 Å². The van der Waals surface area contributed by atoms with Gasteiger partial charge in [-0.1, -0.05) is 13.8 Å². The molecule has 1 aliphatic carbocycles. The Balaban J connectivity index is 2.49. The van der Waals surface area contributed by atoms with Gasteiger partial charge in [-0.05, 0) is 38.0 Å². The Hall–Kier alpha value is -0.130. The topological polar surface area (TPSA) is 57.6 Å². The molecule has 0 saturated heterocycles. The van der Waals surface area contributed by atoms with Crippen LogP contribution in [0.3, 0.4) is 0 Å². The lowest BCUT2D eigenvalue weighted by atomic mass is 10.1. The van der Waals surface area contributed by atoms with Crippen LogP contribution in [0.25, 0.3) is 0 Å². The molecule has 0 amide bonds. The van der Waals surface area contributed by atoms with Crippen LogP contribution >= 0.6 is 0 Å². The van der Waals surface area contributed by atoms with Gasteiger partial charge in [-0.15, -0.1) is 0 Å². The Morgan fingerprint density at radius 1 is 1.29 bits per heavy atom. The molecule has 0 aromatic heterocycles. The van der Waals surface area contributed by atoms with E-state index in [2.05, 4.69) is 13.8 Å². The van der Waals surface area contributed by atoms with Crippen molar-refractivity contribution in [2.45, 2.75) is 52.0 Å². The summed E-state index contributed by atoms with van der Waals surface area (Å²) in [6, 6.07) is 0.257. The molecule has 0 atom stereocenters. The molecule has 4 nitrogen and oxygen atoms in total. The first kappa shape index (κ1) is 14.9. The van der Waals surface area contributed by atoms with Crippen LogP contribution in [0.2, 0.25) is 0 Å². The minimum atomic E-state index is -3.10. The van der Waals surface area contributed by atoms with E-state index in [0.717, 1.165) is 19.3 Å². The highest BCUT2D eigenvalue weighted by atomic mass is 32.2. The lowest BCUT2D eigenvalue weighted by Crippen LogP contribution is -2.36. The number of aliphatic hydroxyl groups excluding tert-OH is 1. The summed E-state index contributed by atoms with van der Waals surface area (Å²) >= 11 is 0. The number of aliphatic hydroxyl groups is 1.